The lowest BCUT2D eigenvalue weighted by Crippen LogP contribution is -2.06. The summed E-state index contributed by atoms with van der Waals surface area (Å²) in [7, 11) is 0. The lowest BCUT2D eigenvalue weighted by Gasteiger charge is -2.17. The third-order valence-corrected chi connectivity index (χ3v) is 2.46. The summed E-state index contributed by atoms with van der Waals surface area (Å²) in [4.78, 5) is 7.33. The van der Waals surface area contributed by atoms with Gasteiger partial charge in [-0.3, -0.25) is 0 Å². The molecular weight excluding hydrogens is 428 g/mol. The van der Waals surface area contributed by atoms with E-state index in [1.807, 2.05) is 44.2 Å². The highest BCUT2D eigenvalue weighted by atomic mass is 79.9. The number of hydrogen-bond donors (Lipinski definition) is 0. The molecule has 0 heterocycles. The molecule has 0 unspecified atom stereocenters. The maximum atomic E-state index is 3.27. The SMILES string of the molecule is Br/C=C/C(/C=C/Br)(/C=C/Br)/C=C/Br. The standard InChI is InChI=1S/C9H8Br4/c10-5-1-9(2-6-11,3-7-12)4-8-13/h1-8H/b5-1+,6-2+,7-3+,8-4+. The van der Waals surface area contributed by atoms with E-state index < -0.39 is 0 Å². The van der Waals surface area contributed by atoms with Gasteiger partial charge in [0.2, 0.25) is 0 Å². The van der Waals surface area contributed by atoms with Crippen LogP contribution in [0.15, 0.2) is 44.2 Å². The van der Waals surface area contributed by atoms with Crippen molar-refractivity contribution in [3.8, 4) is 0 Å². The highest BCUT2D eigenvalue weighted by Crippen LogP contribution is 2.28. The quantitative estimate of drug-likeness (QED) is 0.538. The second-order valence-electron chi connectivity index (χ2n) is 2.17. The van der Waals surface area contributed by atoms with E-state index in [4.69, 9.17) is 0 Å². The zero-order valence-electron chi connectivity index (χ0n) is 6.63. The van der Waals surface area contributed by atoms with Crippen molar-refractivity contribution < 1.29 is 0 Å². The van der Waals surface area contributed by atoms with Gasteiger partial charge in [0.25, 0.3) is 0 Å². The number of hydrogen-bond acceptors (Lipinski definition) is 0. The zero-order chi connectivity index (χ0) is 10.2. The molecule has 0 aliphatic carbocycles. The summed E-state index contributed by atoms with van der Waals surface area (Å²) in [5.74, 6) is 0. The fourth-order valence-corrected chi connectivity index (χ4v) is 2.60. The van der Waals surface area contributed by atoms with E-state index in [-0.39, 0.29) is 5.41 Å². The van der Waals surface area contributed by atoms with Crippen LogP contribution < -0.4 is 0 Å². The molecule has 0 fully saturated rings. The van der Waals surface area contributed by atoms with Gasteiger partial charge in [0, 0.05) is 5.41 Å². The fraction of sp³-hybridized carbons (Fsp3) is 0.111. The largest absolute Gasteiger partial charge is 0.0600 e. The van der Waals surface area contributed by atoms with E-state index in [0.717, 1.165) is 0 Å². The minimum absolute atomic E-state index is 0.208. The molecule has 0 atom stereocenters. The van der Waals surface area contributed by atoms with E-state index >= 15 is 0 Å². The van der Waals surface area contributed by atoms with Crippen LogP contribution in [0.25, 0.3) is 0 Å². The predicted molar refractivity (Wildman–Crippen MR) is 74.7 cm³/mol. The van der Waals surface area contributed by atoms with Crippen LogP contribution in [-0.2, 0) is 0 Å². The van der Waals surface area contributed by atoms with Crippen molar-refractivity contribution in [2.45, 2.75) is 0 Å². The molecule has 0 aliphatic heterocycles. The lowest BCUT2D eigenvalue weighted by molar-refractivity contribution is 0.828. The van der Waals surface area contributed by atoms with Crippen molar-refractivity contribution in [1.82, 2.24) is 0 Å². The topological polar surface area (TPSA) is 0 Å². The molecule has 0 amide bonds. The molecule has 0 nitrogen and oxygen atoms in total. The monoisotopic (exact) mass is 432 g/mol. The average Bonchev–Trinajstić information content (AvgIpc) is 2.06. The van der Waals surface area contributed by atoms with Crippen LogP contribution in [0.3, 0.4) is 0 Å². The Bertz CT molecular complexity index is 184. The van der Waals surface area contributed by atoms with E-state index in [0.29, 0.717) is 0 Å². The van der Waals surface area contributed by atoms with Gasteiger partial charge in [-0.15, -0.1) is 0 Å². The third kappa shape index (κ3) is 5.35. The van der Waals surface area contributed by atoms with Crippen LogP contribution >= 0.6 is 63.7 Å². The van der Waals surface area contributed by atoms with Crippen LogP contribution in [0.2, 0.25) is 0 Å². The molecule has 0 aromatic carbocycles. The van der Waals surface area contributed by atoms with Gasteiger partial charge in [0.05, 0.1) is 0 Å². The van der Waals surface area contributed by atoms with Crippen LogP contribution in [-0.4, -0.2) is 0 Å². The van der Waals surface area contributed by atoms with Gasteiger partial charge in [-0.25, -0.2) is 0 Å². The third-order valence-electron chi connectivity index (χ3n) is 1.41. The fourth-order valence-electron chi connectivity index (χ4n) is 0.770. The molecule has 0 spiro atoms. The van der Waals surface area contributed by atoms with Crippen molar-refractivity contribution in [2.24, 2.45) is 5.41 Å². The first kappa shape index (κ1) is 13.9. The van der Waals surface area contributed by atoms with Gasteiger partial charge in [0.1, 0.15) is 0 Å². The molecule has 4 heteroatoms. The second-order valence-corrected chi connectivity index (χ2v) is 4.29. The smallest absolute Gasteiger partial charge is 0.0455 e. The maximum Gasteiger partial charge on any atom is 0.0455 e. The van der Waals surface area contributed by atoms with E-state index in [2.05, 4.69) is 63.7 Å². The first-order valence-corrected chi connectivity index (χ1v) is 7.02. The Morgan fingerprint density at radius 1 is 0.538 bits per heavy atom. The first-order chi connectivity index (χ1) is 6.24. The minimum Gasteiger partial charge on any atom is -0.0600 e. The van der Waals surface area contributed by atoms with Crippen molar-refractivity contribution in [2.75, 3.05) is 0 Å². The van der Waals surface area contributed by atoms with Gasteiger partial charge in [-0.1, -0.05) is 88.0 Å². The molecule has 0 aromatic heterocycles. The van der Waals surface area contributed by atoms with E-state index in [1.54, 1.807) is 0 Å². The number of rotatable bonds is 4. The lowest BCUT2D eigenvalue weighted by atomic mass is 9.89. The Labute approximate surface area is 112 Å². The number of halogens is 4. The highest BCUT2D eigenvalue weighted by molar-refractivity contribution is 9.11. The summed E-state index contributed by atoms with van der Waals surface area (Å²) in [5.41, 5.74) is -0.208. The van der Waals surface area contributed by atoms with Gasteiger partial charge in [-0.2, -0.15) is 0 Å². The second kappa shape index (κ2) is 8.21. The zero-order valence-corrected chi connectivity index (χ0v) is 13.0. The van der Waals surface area contributed by atoms with Gasteiger partial charge < -0.3 is 0 Å². The Kier molecular flexibility index (Phi) is 8.77. The Morgan fingerprint density at radius 2 is 0.769 bits per heavy atom. The summed E-state index contributed by atoms with van der Waals surface area (Å²) >= 11 is 13.1. The van der Waals surface area contributed by atoms with Crippen molar-refractivity contribution in [1.29, 1.82) is 0 Å². The summed E-state index contributed by atoms with van der Waals surface area (Å²) in [6.07, 6.45) is 8.06. The Balaban J connectivity index is 5.02. The highest BCUT2D eigenvalue weighted by Gasteiger charge is 2.15. The van der Waals surface area contributed by atoms with E-state index in [9.17, 15) is 0 Å². The normalized spacial score (nSPS) is 14.5. The van der Waals surface area contributed by atoms with Gasteiger partial charge in [0.15, 0.2) is 0 Å². The Morgan fingerprint density at radius 3 is 0.923 bits per heavy atom. The minimum atomic E-state index is -0.208. The summed E-state index contributed by atoms with van der Waals surface area (Å²) in [5, 5.41) is 0. The molecule has 0 aliphatic rings. The van der Waals surface area contributed by atoms with Gasteiger partial charge in [-0.05, 0) is 19.9 Å². The molecule has 0 N–H and O–H groups in total. The molecule has 0 saturated carbocycles. The van der Waals surface area contributed by atoms with Crippen molar-refractivity contribution in [3.05, 3.63) is 44.2 Å². The van der Waals surface area contributed by atoms with Gasteiger partial charge >= 0.3 is 0 Å². The Hall–Kier alpha value is 0.880. The average molecular weight is 436 g/mol. The maximum absolute atomic E-state index is 3.27. The van der Waals surface area contributed by atoms with Crippen molar-refractivity contribution in [3.63, 3.8) is 0 Å². The number of allylic oxidation sites excluding steroid dienone is 4. The first-order valence-electron chi connectivity index (χ1n) is 3.36. The van der Waals surface area contributed by atoms with Crippen molar-refractivity contribution >= 4 is 63.7 Å². The molecule has 72 valence electrons. The van der Waals surface area contributed by atoms with E-state index in [1.165, 1.54) is 0 Å². The molecule has 0 aromatic rings. The summed E-state index contributed by atoms with van der Waals surface area (Å²) in [6, 6.07) is 0. The van der Waals surface area contributed by atoms with Crippen LogP contribution in [0.1, 0.15) is 0 Å². The molecule has 0 saturated heterocycles. The molecule has 0 rings (SSSR count). The summed E-state index contributed by atoms with van der Waals surface area (Å²) in [6.45, 7) is 0. The predicted octanol–water partition coefficient (Wildman–Crippen LogP) is 5.61. The molecular formula is C9H8Br4. The van der Waals surface area contributed by atoms with Crippen LogP contribution in [0.4, 0.5) is 0 Å². The molecule has 0 radical (unpaired) electrons. The molecule has 13 heavy (non-hydrogen) atoms. The summed E-state index contributed by atoms with van der Waals surface area (Å²) < 4.78 is 0. The van der Waals surface area contributed by atoms with Crippen LogP contribution in [0.5, 0.6) is 0 Å². The molecule has 0 bridgehead atoms. The van der Waals surface area contributed by atoms with Crippen LogP contribution in [0, 0.1) is 5.41 Å².